The fraction of sp³-hybridized carbons (Fsp3) is 0.353. The molecule has 1 atom stereocenters. The molecule has 2 N–H and O–H groups in total. The number of aromatic amines is 1. The van der Waals surface area contributed by atoms with Crippen molar-refractivity contribution in [1.82, 2.24) is 29.9 Å². The molecule has 0 radical (unpaired) electrons. The Hall–Kier alpha value is -2.51. The molecule has 1 aliphatic heterocycles. The molecule has 0 spiro atoms. The Morgan fingerprint density at radius 2 is 2.08 bits per heavy atom. The molecular formula is C17H20N6O. The van der Waals surface area contributed by atoms with Gasteiger partial charge in [0.05, 0.1) is 12.7 Å². The number of imidazole rings is 1. The van der Waals surface area contributed by atoms with Crippen LogP contribution in [0.3, 0.4) is 0 Å². The molecular weight excluding hydrogens is 304 g/mol. The van der Waals surface area contributed by atoms with Crippen LogP contribution in [0.5, 0.6) is 0 Å². The fourth-order valence-corrected chi connectivity index (χ4v) is 3.26. The van der Waals surface area contributed by atoms with E-state index in [-0.39, 0.29) is 0 Å². The smallest absolute Gasteiger partial charge is 0.124 e. The molecule has 1 unspecified atom stereocenters. The van der Waals surface area contributed by atoms with E-state index in [2.05, 4.69) is 42.0 Å². The predicted molar refractivity (Wildman–Crippen MR) is 87.9 cm³/mol. The lowest BCUT2D eigenvalue weighted by molar-refractivity contribution is 0.0405. The van der Waals surface area contributed by atoms with Gasteiger partial charge in [-0.25, -0.2) is 4.98 Å². The van der Waals surface area contributed by atoms with Crippen molar-refractivity contribution in [2.45, 2.75) is 25.1 Å². The number of hydrogen-bond acceptors (Lipinski definition) is 5. The quantitative estimate of drug-likeness (QED) is 0.735. The molecule has 7 nitrogen and oxygen atoms in total. The van der Waals surface area contributed by atoms with Gasteiger partial charge in [0.2, 0.25) is 0 Å². The van der Waals surface area contributed by atoms with Gasteiger partial charge >= 0.3 is 0 Å². The third-order valence-electron chi connectivity index (χ3n) is 4.58. The Balaban J connectivity index is 1.45. The second-order valence-corrected chi connectivity index (χ2v) is 6.30. The average Bonchev–Trinajstić information content (AvgIpc) is 3.32. The third-order valence-corrected chi connectivity index (χ3v) is 4.58. The number of H-pyrrole nitrogens is 1. The number of benzene rings is 1. The predicted octanol–water partition coefficient (Wildman–Crippen LogP) is 1.14. The molecule has 0 saturated carbocycles. The number of nitrogens with one attached hydrogen (secondary N) is 1. The van der Waals surface area contributed by atoms with E-state index in [1.807, 2.05) is 30.6 Å². The molecule has 1 saturated heterocycles. The Bertz CT molecular complexity index is 785. The van der Waals surface area contributed by atoms with Crippen LogP contribution < -0.4 is 0 Å². The number of aromatic nitrogens is 5. The van der Waals surface area contributed by atoms with Crippen molar-refractivity contribution in [3.63, 3.8) is 0 Å². The first-order valence-electron chi connectivity index (χ1n) is 8.08. The summed E-state index contributed by atoms with van der Waals surface area (Å²) < 4.78 is 2.16. The molecule has 3 heterocycles. The highest BCUT2D eigenvalue weighted by Crippen LogP contribution is 2.30. The lowest BCUT2D eigenvalue weighted by Gasteiger charge is -2.21. The first-order chi connectivity index (χ1) is 11.7. The van der Waals surface area contributed by atoms with Gasteiger partial charge in [0.15, 0.2) is 0 Å². The molecule has 3 aromatic rings. The maximum atomic E-state index is 10.8. The Morgan fingerprint density at radius 3 is 2.88 bits per heavy atom. The second kappa shape index (κ2) is 6.18. The monoisotopic (exact) mass is 324 g/mol. The molecule has 0 bridgehead atoms. The van der Waals surface area contributed by atoms with Crippen molar-refractivity contribution < 1.29 is 5.11 Å². The molecule has 1 aromatic carbocycles. The summed E-state index contributed by atoms with van der Waals surface area (Å²) >= 11 is 0. The van der Waals surface area contributed by atoms with Crippen LogP contribution in [0.2, 0.25) is 0 Å². The van der Waals surface area contributed by atoms with Gasteiger partial charge in [-0.1, -0.05) is 30.3 Å². The topological polar surface area (TPSA) is 82.9 Å². The highest BCUT2D eigenvalue weighted by Gasteiger charge is 2.39. The summed E-state index contributed by atoms with van der Waals surface area (Å²) in [5.74, 6) is 1.00. The number of β-amino-alcohol motifs (C(OH)–C–C–N with tert-alkyl or cyclic N) is 1. The van der Waals surface area contributed by atoms with Gasteiger partial charge in [-0.15, -0.1) is 0 Å². The van der Waals surface area contributed by atoms with E-state index in [0.29, 0.717) is 25.2 Å². The first kappa shape index (κ1) is 15.0. The van der Waals surface area contributed by atoms with Crippen molar-refractivity contribution in [3.05, 3.63) is 66.0 Å². The molecule has 7 heteroatoms. The number of hydrogen-bond donors (Lipinski definition) is 2. The van der Waals surface area contributed by atoms with Crippen molar-refractivity contribution >= 4 is 0 Å². The maximum absolute atomic E-state index is 10.8. The van der Waals surface area contributed by atoms with E-state index in [0.717, 1.165) is 18.9 Å². The van der Waals surface area contributed by atoms with E-state index in [4.69, 9.17) is 0 Å². The second-order valence-electron chi connectivity index (χ2n) is 6.30. The summed E-state index contributed by atoms with van der Waals surface area (Å²) in [4.78, 5) is 6.70. The van der Waals surface area contributed by atoms with Crippen LogP contribution in [-0.2, 0) is 18.7 Å². The molecule has 1 fully saturated rings. The molecule has 0 amide bonds. The number of likely N-dealkylation sites (tertiary alicyclic amines) is 1. The highest BCUT2D eigenvalue weighted by atomic mass is 16.3. The fourth-order valence-electron chi connectivity index (χ4n) is 3.26. The molecule has 2 aromatic heterocycles. The molecule has 1 aliphatic rings. The number of nitrogens with zero attached hydrogens (tertiary/aromatic N) is 5. The normalized spacial score (nSPS) is 21.4. The van der Waals surface area contributed by atoms with Gasteiger partial charge in [0, 0.05) is 32.0 Å². The zero-order valence-corrected chi connectivity index (χ0v) is 13.3. The van der Waals surface area contributed by atoms with Crippen molar-refractivity contribution in [1.29, 1.82) is 0 Å². The van der Waals surface area contributed by atoms with Crippen LogP contribution in [0.25, 0.3) is 0 Å². The van der Waals surface area contributed by atoms with Crippen molar-refractivity contribution in [2.24, 2.45) is 0 Å². The van der Waals surface area contributed by atoms with Gasteiger partial charge in [-0.2, -0.15) is 15.4 Å². The van der Waals surface area contributed by atoms with Gasteiger partial charge in [0.25, 0.3) is 0 Å². The number of rotatable bonds is 5. The third kappa shape index (κ3) is 2.95. The summed E-state index contributed by atoms with van der Waals surface area (Å²) in [5.41, 5.74) is 0.930. The summed E-state index contributed by atoms with van der Waals surface area (Å²) in [6, 6.07) is 10.3. The highest BCUT2D eigenvalue weighted by molar-refractivity contribution is 5.16. The Labute approximate surface area is 140 Å². The van der Waals surface area contributed by atoms with Gasteiger partial charge < -0.3 is 9.67 Å². The minimum absolute atomic E-state index is 0.539. The van der Waals surface area contributed by atoms with E-state index < -0.39 is 5.60 Å². The summed E-state index contributed by atoms with van der Waals surface area (Å²) in [6.07, 6.45) is 6.08. The van der Waals surface area contributed by atoms with E-state index in [9.17, 15) is 5.11 Å². The van der Waals surface area contributed by atoms with Crippen LogP contribution >= 0.6 is 0 Å². The zero-order valence-electron chi connectivity index (χ0n) is 13.3. The standard InChI is InChI=1S/C17H20N6O/c24-17(15-10-19-21-20-15)6-8-22(13-17)12-16-18-7-9-23(16)11-14-4-2-1-3-5-14/h1-5,7,9-10,24H,6,8,11-13H2,(H,19,20,21). The van der Waals surface area contributed by atoms with Crippen LogP contribution in [0.4, 0.5) is 0 Å². The molecule has 4 rings (SSSR count). The van der Waals surface area contributed by atoms with E-state index in [1.54, 1.807) is 6.20 Å². The zero-order chi connectivity index (χ0) is 16.4. The Morgan fingerprint density at radius 1 is 1.21 bits per heavy atom. The van der Waals surface area contributed by atoms with Crippen LogP contribution in [0, 0.1) is 0 Å². The largest absolute Gasteiger partial charge is 0.382 e. The average molecular weight is 324 g/mol. The maximum Gasteiger partial charge on any atom is 0.124 e. The lowest BCUT2D eigenvalue weighted by atomic mass is 10.0. The Kier molecular flexibility index (Phi) is 3.87. The molecule has 0 aliphatic carbocycles. The van der Waals surface area contributed by atoms with Gasteiger partial charge in [0.1, 0.15) is 17.1 Å². The van der Waals surface area contributed by atoms with E-state index in [1.165, 1.54) is 5.56 Å². The van der Waals surface area contributed by atoms with Gasteiger partial charge in [-0.05, 0) is 12.0 Å². The summed E-state index contributed by atoms with van der Waals surface area (Å²) in [5, 5.41) is 21.2. The van der Waals surface area contributed by atoms with E-state index >= 15 is 0 Å². The van der Waals surface area contributed by atoms with Crippen molar-refractivity contribution in [3.8, 4) is 0 Å². The number of aliphatic hydroxyl groups is 1. The first-order valence-corrected chi connectivity index (χ1v) is 8.08. The van der Waals surface area contributed by atoms with Crippen molar-refractivity contribution in [2.75, 3.05) is 13.1 Å². The lowest BCUT2D eigenvalue weighted by Crippen LogP contribution is -2.31. The minimum atomic E-state index is -0.927. The SMILES string of the molecule is OC1(c2cn[nH]n2)CCN(Cc2nccn2Cc2ccccc2)C1. The van der Waals surface area contributed by atoms with Gasteiger partial charge in [-0.3, -0.25) is 4.90 Å². The molecule has 124 valence electrons. The molecule has 24 heavy (non-hydrogen) atoms. The minimum Gasteiger partial charge on any atom is -0.382 e. The summed E-state index contributed by atoms with van der Waals surface area (Å²) in [6.45, 7) is 2.86. The summed E-state index contributed by atoms with van der Waals surface area (Å²) in [7, 11) is 0. The van der Waals surface area contributed by atoms with Crippen LogP contribution in [-0.4, -0.2) is 48.1 Å². The van der Waals surface area contributed by atoms with Crippen LogP contribution in [0.1, 0.15) is 23.5 Å². The van der Waals surface area contributed by atoms with Crippen LogP contribution in [0.15, 0.2) is 48.9 Å².